The van der Waals surface area contributed by atoms with Crippen molar-refractivity contribution in [3.63, 3.8) is 0 Å². The van der Waals surface area contributed by atoms with Crippen molar-refractivity contribution < 1.29 is 19.0 Å². The van der Waals surface area contributed by atoms with E-state index in [9.17, 15) is 14.3 Å². The van der Waals surface area contributed by atoms with Crippen LogP contribution in [-0.2, 0) is 16.1 Å². The van der Waals surface area contributed by atoms with Gasteiger partial charge in [0.1, 0.15) is 17.7 Å². The van der Waals surface area contributed by atoms with Gasteiger partial charge in [0, 0.05) is 42.0 Å². The summed E-state index contributed by atoms with van der Waals surface area (Å²) in [6.07, 6.45) is 1.26. The van der Waals surface area contributed by atoms with Crippen molar-refractivity contribution in [2.75, 3.05) is 18.4 Å². The third-order valence-corrected chi connectivity index (χ3v) is 6.01. The SMILES string of the molecule is CC1OC(=C2C(=O)Nc3ccc(F)cc32)c2ccc(CN3CCC(O)CC3)cc21. The topological polar surface area (TPSA) is 61.8 Å². The fourth-order valence-electron chi connectivity index (χ4n) is 4.45. The number of anilines is 1. The minimum absolute atomic E-state index is 0.180. The number of fused-ring (bicyclic) bond motifs is 2. The normalized spacial score (nSPS) is 24.2. The molecule has 6 heteroatoms. The average Bonchev–Trinajstić information content (AvgIpc) is 3.19. The highest BCUT2D eigenvalue weighted by Crippen LogP contribution is 2.45. The number of benzene rings is 2. The Morgan fingerprint density at radius 3 is 2.76 bits per heavy atom. The molecule has 1 saturated heterocycles. The maximum absolute atomic E-state index is 13.8. The smallest absolute Gasteiger partial charge is 0.260 e. The van der Waals surface area contributed by atoms with Crippen molar-refractivity contribution in [3.8, 4) is 0 Å². The van der Waals surface area contributed by atoms with E-state index < -0.39 is 0 Å². The van der Waals surface area contributed by atoms with Gasteiger partial charge in [-0.1, -0.05) is 18.2 Å². The molecule has 150 valence electrons. The molecule has 29 heavy (non-hydrogen) atoms. The fraction of sp³-hybridized carbons (Fsp3) is 0.348. The summed E-state index contributed by atoms with van der Waals surface area (Å²) in [5.41, 5.74) is 4.65. The molecule has 0 bridgehead atoms. The number of piperidine rings is 1. The molecular formula is C23H23FN2O3. The maximum atomic E-state index is 13.8. The number of carbonyl (C=O) groups is 1. The van der Waals surface area contributed by atoms with E-state index in [0.29, 0.717) is 22.6 Å². The predicted octanol–water partition coefficient (Wildman–Crippen LogP) is 3.69. The molecule has 1 unspecified atom stereocenters. The van der Waals surface area contributed by atoms with Crippen LogP contribution in [0.3, 0.4) is 0 Å². The van der Waals surface area contributed by atoms with Gasteiger partial charge < -0.3 is 15.2 Å². The summed E-state index contributed by atoms with van der Waals surface area (Å²) in [5.74, 6) is -0.134. The Kier molecular flexibility index (Phi) is 4.41. The fourth-order valence-corrected chi connectivity index (χ4v) is 4.45. The molecule has 1 atom stereocenters. The van der Waals surface area contributed by atoms with Gasteiger partial charge in [0.2, 0.25) is 0 Å². The van der Waals surface area contributed by atoms with Gasteiger partial charge in [-0.3, -0.25) is 9.69 Å². The van der Waals surface area contributed by atoms with Crippen molar-refractivity contribution >= 4 is 22.9 Å². The third kappa shape index (κ3) is 3.22. The van der Waals surface area contributed by atoms with E-state index in [4.69, 9.17) is 4.74 Å². The summed E-state index contributed by atoms with van der Waals surface area (Å²) in [6.45, 7) is 4.57. The van der Waals surface area contributed by atoms with E-state index in [-0.39, 0.29) is 23.9 Å². The molecule has 2 N–H and O–H groups in total. The van der Waals surface area contributed by atoms with Crippen molar-refractivity contribution in [2.24, 2.45) is 0 Å². The number of hydrogen-bond acceptors (Lipinski definition) is 4. The van der Waals surface area contributed by atoms with E-state index in [1.807, 2.05) is 13.0 Å². The molecule has 3 aliphatic heterocycles. The highest BCUT2D eigenvalue weighted by atomic mass is 19.1. The lowest BCUT2D eigenvalue weighted by Crippen LogP contribution is -2.35. The molecule has 0 saturated carbocycles. The molecule has 0 aromatic heterocycles. The van der Waals surface area contributed by atoms with Gasteiger partial charge in [0.05, 0.1) is 11.7 Å². The van der Waals surface area contributed by atoms with Crippen LogP contribution < -0.4 is 5.32 Å². The number of rotatable bonds is 2. The number of aliphatic hydroxyl groups is 1. The number of nitrogens with zero attached hydrogens (tertiary/aromatic N) is 1. The average molecular weight is 394 g/mol. The molecule has 2 aromatic rings. The number of amides is 1. The third-order valence-electron chi connectivity index (χ3n) is 6.01. The zero-order valence-corrected chi connectivity index (χ0v) is 16.2. The van der Waals surface area contributed by atoms with E-state index in [1.165, 1.54) is 17.7 Å². The van der Waals surface area contributed by atoms with Gasteiger partial charge in [-0.15, -0.1) is 0 Å². The highest BCUT2D eigenvalue weighted by molar-refractivity contribution is 6.36. The quantitative estimate of drug-likeness (QED) is 0.763. The first kappa shape index (κ1) is 18.3. The number of ether oxygens (including phenoxy) is 1. The molecule has 0 radical (unpaired) electrons. The van der Waals surface area contributed by atoms with Crippen molar-refractivity contribution in [3.05, 3.63) is 64.5 Å². The standard InChI is InChI=1S/C23H23FN2O3/c1-13-18-10-14(12-26-8-6-16(27)7-9-26)2-4-17(18)22(29-13)21-19-11-15(24)3-5-20(19)25-23(21)28/h2-5,10-11,13,16,27H,6-9,12H2,1H3,(H,25,28). The Balaban J connectivity index is 1.49. The zero-order valence-electron chi connectivity index (χ0n) is 16.2. The summed E-state index contributed by atoms with van der Waals surface area (Å²) in [7, 11) is 0. The Hall–Kier alpha value is -2.70. The molecular weight excluding hydrogens is 371 g/mol. The minimum atomic E-state index is -0.383. The summed E-state index contributed by atoms with van der Waals surface area (Å²) >= 11 is 0. The molecule has 0 spiro atoms. The van der Waals surface area contributed by atoms with Crippen molar-refractivity contribution in [1.29, 1.82) is 0 Å². The molecule has 1 amide bonds. The van der Waals surface area contributed by atoms with Crippen molar-refractivity contribution in [2.45, 2.75) is 38.5 Å². The lowest BCUT2D eigenvalue weighted by molar-refractivity contribution is -0.110. The lowest BCUT2D eigenvalue weighted by Gasteiger charge is -2.29. The Morgan fingerprint density at radius 2 is 1.97 bits per heavy atom. The van der Waals surface area contributed by atoms with E-state index in [0.717, 1.165) is 43.6 Å². The van der Waals surface area contributed by atoms with E-state index >= 15 is 0 Å². The summed E-state index contributed by atoms with van der Waals surface area (Å²) in [4.78, 5) is 14.9. The molecule has 5 nitrogen and oxygen atoms in total. The van der Waals surface area contributed by atoms with Crippen LogP contribution in [0.25, 0.3) is 11.3 Å². The minimum Gasteiger partial charge on any atom is -0.484 e. The number of nitrogens with one attached hydrogen (secondary N) is 1. The van der Waals surface area contributed by atoms with E-state index in [1.54, 1.807) is 6.07 Å². The zero-order chi connectivity index (χ0) is 20.1. The van der Waals surface area contributed by atoms with Crippen LogP contribution in [0.4, 0.5) is 10.1 Å². The van der Waals surface area contributed by atoms with Crippen LogP contribution in [-0.4, -0.2) is 35.1 Å². The van der Waals surface area contributed by atoms with Crippen LogP contribution in [0, 0.1) is 5.82 Å². The van der Waals surface area contributed by atoms with Crippen LogP contribution in [0.15, 0.2) is 36.4 Å². The Bertz CT molecular complexity index is 1020. The summed E-state index contributed by atoms with van der Waals surface area (Å²) < 4.78 is 19.9. The molecule has 1 fully saturated rings. The van der Waals surface area contributed by atoms with E-state index in [2.05, 4.69) is 22.3 Å². The van der Waals surface area contributed by atoms with Crippen LogP contribution in [0.5, 0.6) is 0 Å². The van der Waals surface area contributed by atoms with Gasteiger partial charge in [-0.25, -0.2) is 4.39 Å². The molecule has 3 aliphatic rings. The van der Waals surface area contributed by atoms with Gasteiger partial charge in [0.15, 0.2) is 0 Å². The number of hydrogen-bond donors (Lipinski definition) is 2. The first-order chi connectivity index (χ1) is 14.0. The lowest BCUT2D eigenvalue weighted by atomic mass is 9.97. The summed E-state index contributed by atoms with van der Waals surface area (Å²) in [6, 6.07) is 10.5. The van der Waals surface area contributed by atoms with Gasteiger partial charge in [0.25, 0.3) is 5.91 Å². The second-order valence-corrected chi connectivity index (χ2v) is 8.04. The Morgan fingerprint density at radius 1 is 1.17 bits per heavy atom. The van der Waals surface area contributed by atoms with Gasteiger partial charge in [-0.2, -0.15) is 0 Å². The Labute approximate surface area is 168 Å². The van der Waals surface area contributed by atoms with Crippen LogP contribution >= 0.6 is 0 Å². The second kappa shape index (κ2) is 6.97. The first-order valence-corrected chi connectivity index (χ1v) is 10.1. The molecule has 5 rings (SSSR count). The summed E-state index contributed by atoms with van der Waals surface area (Å²) in [5, 5.41) is 12.5. The highest BCUT2D eigenvalue weighted by Gasteiger charge is 2.35. The first-order valence-electron chi connectivity index (χ1n) is 10.1. The largest absolute Gasteiger partial charge is 0.484 e. The van der Waals surface area contributed by atoms with Crippen LogP contribution in [0.1, 0.15) is 48.1 Å². The molecule has 0 aliphatic carbocycles. The van der Waals surface area contributed by atoms with Crippen molar-refractivity contribution in [1.82, 2.24) is 4.90 Å². The predicted molar refractivity (Wildman–Crippen MR) is 108 cm³/mol. The molecule has 2 aromatic carbocycles. The van der Waals surface area contributed by atoms with Gasteiger partial charge in [-0.05, 0) is 43.5 Å². The second-order valence-electron chi connectivity index (χ2n) is 8.04. The van der Waals surface area contributed by atoms with Crippen LogP contribution in [0.2, 0.25) is 0 Å². The maximum Gasteiger partial charge on any atom is 0.260 e. The number of aliphatic hydroxyl groups excluding tert-OH is 1. The number of halogens is 1. The monoisotopic (exact) mass is 394 g/mol. The van der Waals surface area contributed by atoms with Gasteiger partial charge >= 0.3 is 0 Å². The molecule has 3 heterocycles. The number of likely N-dealkylation sites (tertiary alicyclic amines) is 1. The number of carbonyl (C=O) groups excluding carboxylic acids is 1.